The molecule has 2 unspecified atom stereocenters. The van der Waals surface area contributed by atoms with Crippen LogP contribution in [0.15, 0.2) is 18.2 Å². The second kappa shape index (κ2) is 6.23. The number of ether oxygens (including phenoxy) is 2. The Morgan fingerprint density at radius 2 is 2.47 bits per heavy atom. The first-order chi connectivity index (χ1) is 9.13. The highest BCUT2D eigenvalue weighted by Gasteiger charge is 2.26. The molecular weight excluding hydrogens is 268 g/mol. The Hall–Kier alpha value is -1.30. The van der Waals surface area contributed by atoms with Gasteiger partial charge >= 0.3 is 0 Å². The molecule has 5 nitrogen and oxygen atoms in total. The normalized spacial score (nSPS) is 19.2. The Morgan fingerprint density at radius 1 is 1.68 bits per heavy atom. The van der Waals surface area contributed by atoms with Crippen LogP contribution < -0.4 is 15.8 Å². The van der Waals surface area contributed by atoms with Gasteiger partial charge in [-0.15, -0.1) is 0 Å². The van der Waals surface area contributed by atoms with Crippen molar-refractivity contribution in [2.24, 2.45) is 5.73 Å². The summed E-state index contributed by atoms with van der Waals surface area (Å²) < 4.78 is 10.4. The predicted octanol–water partition coefficient (Wildman–Crippen LogP) is 1.25. The number of rotatable bonds is 4. The minimum absolute atomic E-state index is 0.127. The van der Waals surface area contributed by atoms with Crippen molar-refractivity contribution < 1.29 is 14.3 Å². The molecule has 0 saturated carbocycles. The molecule has 0 radical (unpaired) electrons. The van der Waals surface area contributed by atoms with Gasteiger partial charge < -0.3 is 20.5 Å². The summed E-state index contributed by atoms with van der Waals surface area (Å²) in [5, 5.41) is 3.46. The average molecular weight is 285 g/mol. The Balaban J connectivity index is 2.12. The maximum atomic E-state index is 11.9. The van der Waals surface area contributed by atoms with Crippen molar-refractivity contribution in [1.29, 1.82) is 0 Å². The van der Waals surface area contributed by atoms with E-state index in [4.69, 9.17) is 26.8 Å². The molecule has 1 aliphatic rings. The number of nitrogens with two attached hydrogens (primary N) is 1. The van der Waals surface area contributed by atoms with Gasteiger partial charge in [0.2, 0.25) is 5.91 Å². The Kier molecular flexibility index (Phi) is 4.63. The minimum Gasteiger partial charge on any atom is -0.492 e. The van der Waals surface area contributed by atoms with Crippen LogP contribution in [0.1, 0.15) is 18.0 Å². The summed E-state index contributed by atoms with van der Waals surface area (Å²) in [6.45, 7) is 0.707. The van der Waals surface area contributed by atoms with Crippen LogP contribution in [0.3, 0.4) is 0 Å². The van der Waals surface area contributed by atoms with Gasteiger partial charge in [-0.25, -0.2) is 0 Å². The van der Waals surface area contributed by atoms with Gasteiger partial charge in [0.05, 0.1) is 24.3 Å². The lowest BCUT2D eigenvalue weighted by Crippen LogP contribution is -2.45. The lowest BCUT2D eigenvalue weighted by atomic mass is 10.00. The molecule has 0 aromatic heterocycles. The number of fused-ring (bicyclic) bond motifs is 1. The molecule has 2 atom stereocenters. The van der Waals surface area contributed by atoms with E-state index in [9.17, 15) is 4.79 Å². The van der Waals surface area contributed by atoms with E-state index < -0.39 is 6.04 Å². The molecule has 0 spiro atoms. The zero-order valence-electron chi connectivity index (χ0n) is 10.7. The third-order valence-electron chi connectivity index (χ3n) is 3.03. The number of carbonyl (C=O) groups is 1. The molecule has 0 bridgehead atoms. The zero-order valence-corrected chi connectivity index (χ0v) is 11.4. The number of hydrogen-bond acceptors (Lipinski definition) is 4. The molecule has 1 aliphatic heterocycles. The second-order valence-corrected chi connectivity index (χ2v) is 4.83. The quantitative estimate of drug-likeness (QED) is 0.873. The monoisotopic (exact) mass is 284 g/mol. The Labute approximate surface area is 117 Å². The van der Waals surface area contributed by atoms with Gasteiger partial charge in [0, 0.05) is 19.1 Å². The van der Waals surface area contributed by atoms with Gasteiger partial charge in [-0.05, 0) is 6.07 Å². The van der Waals surface area contributed by atoms with Crippen LogP contribution in [0.2, 0.25) is 5.02 Å². The van der Waals surface area contributed by atoms with Gasteiger partial charge in [0.15, 0.2) is 0 Å². The molecule has 6 heteroatoms. The highest BCUT2D eigenvalue weighted by Crippen LogP contribution is 2.37. The van der Waals surface area contributed by atoms with E-state index >= 15 is 0 Å². The number of benzene rings is 1. The maximum absolute atomic E-state index is 11.9. The molecule has 0 aliphatic carbocycles. The van der Waals surface area contributed by atoms with Gasteiger partial charge in [0.1, 0.15) is 11.8 Å². The number of amides is 1. The van der Waals surface area contributed by atoms with E-state index in [1.807, 2.05) is 12.1 Å². The summed E-state index contributed by atoms with van der Waals surface area (Å²) in [6.07, 6.45) is 0.693. The number of halogens is 1. The molecule has 104 valence electrons. The van der Waals surface area contributed by atoms with Gasteiger partial charge in [-0.1, -0.05) is 23.7 Å². The third-order valence-corrected chi connectivity index (χ3v) is 3.32. The van der Waals surface area contributed by atoms with E-state index in [0.717, 1.165) is 5.56 Å². The van der Waals surface area contributed by atoms with Crippen molar-refractivity contribution in [2.45, 2.75) is 18.5 Å². The number of nitrogens with one attached hydrogen (secondary N) is 1. The van der Waals surface area contributed by atoms with Crippen molar-refractivity contribution in [3.8, 4) is 5.75 Å². The van der Waals surface area contributed by atoms with Crippen molar-refractivity contribution in [3.63, 3.8) is 0 Å². The number of hydrogen-bond donors (Lipinski definition) is 2. The van der Waals surface area contributed by atoms with E-state index in [2.05, 4.69) is 5.32 Å². The average Bonchev–Trinajstić information content (AvgIpc) is 2.40. The van der Waals surface area contributed by atoms with E-state index in [0.29, 0.717) is 23.8 Å². The molecule has 1 aromatic carbocycles. The standard InChI is InChI=1S/C13H17ClN2O3/c1-18-7-10(15)13(17)16-11-5-6-19-12-8(11)3-2-4-9(12)14/h2-4,10-11H,5-7,15H2,1H3,(H,16,17). The maximum Gasteiger partial charge on any atom is 0.239 e. The van der Waals surface area contributed by atoms with Crippen LogP contribution in [0.4, 0.5) is 0 Å². The SMILES string of the molecule is COCC(N)C(=O)NC1CCOc2c(Cl)cccc21. The molecule has 3 N–H and O–H groups in total. The number of methoxy groups -OCH3 is 1. The molecular formula is C13H17ClN2O3. The summed E-state index contributed by atoms with van der Waals surface area (Å²) in [7, 11) is 1.51. The first-order valence-corrected chi connectivity index (χ1v) is 6.47. The van der Waals surface area contributed by atoms with Crippen LogP contribution in [0.25, 0.3) is 0 Å². The first-order valence-electron chi connectivity index (χ1n) is 6.09. The minimum atomic E-state index is -0.671. The summed E-state index contributed by atoms with van der Waals surface area (Å²) in [5.74, 6) is 0.403. The highest BCUT2D eigenvalue weighted by molar-refractivity contribution is 6.32. The predicted molar refractivity (Wildman–Crippen MR) is 72.3 cm³/mol. The number of carbonyl (C=O) groups excluding carboxylic acids is 1. The molecule has 2 rings (SSSR count). The summed E-state index contributed by atoms with van der Waals surface area (Å²) in [5.41, 5.74) is 6.59. The van der Waals surface area contributed by atoms with Crippen LogP contribution in [-0.4, -0.2) is 32.3 Å². The van der Waals surface area contributed by atoms with Gasteiger partial charge in [-0.3, -0.25) is 4.79 Å². The summed E-state index contributed by atoms with van der Waals surface area (Å²) in [4.78, 5) is 11.9. The second-order valence-electron chi connectivity index (χ2n) is 4.42. The Morgan fingerprint density at radius 3 is 3.21 bits per heavy atom. The fraction of sp³-hybridized carbons (Fsp3) is 0.462. The van der Waals surface area contributed by atoms with Crippen molar-refractivity contribution >= 4 is 17.5 Å². The summed E-state index contributed by atoms with van der Waals surface area (Å²) in [6, 6.07) is 4.70. The highest BCUT2D eigenvalue weighted by atomic mass is 35.5. The number of para-hydroxylation sites is 1. The van der Waals surface area contributed by atoms with Crippen LogP contribution in [0, 0.1) is 0 Å². The molecule has 1 aromatic rings. The first kappa shape index (κ1) is 14.1. The van der Waals surface area contributed by atoms with Crippen molar-refractivity contribution in [3.05, 3.63) is 28.8 Å². The molecule has 1 heterocycles. The lowest BCUT2D eigenvalue weighted by molar-refractivity contribution is -0.124. The van der Waals surface area contributed by atoms with Crippen molar-refractivity contribution in [1.82, 2.24) is 5.32 Å². The van der Waals surface area contributed by atoms with E-state index in [-0.39, 0.29) is 18.6 Å². The van der Waals surface area contributed by atoms with E-state index in [1.54, 1.807) is 6.07 Å². The largest absolute Gasteiger partial charge is 0.492 e. The molecule has 0 fully saturated rings. The van der Waals surface area contributed by atoms with Gasteiger partial charge in [0.25, 0.3) is 0 Å². The fourth-order valence-corrected chi connectivity index (χ4v) is 2.31. The molecule has 0 saturated heterocycles. The zero-order chi connectivity index (χ0) is 13.8. The Bertz CT molecular complexity index is 467. The topological polar surface area (TPSA) is 73.6 Å². The molecule has 19 heavy (non-hydrogen) atoms. The van der Waals surface area contributed by atoms with Crippen LogP contribution >= 0.6 is 11.6 Å². The van der Waals surface area contributed by atoms with E-state index in [1.165, 1.54) is 7.11 Å². The third kappa shape index (κ3) is 3.18. The lowest BCUT2D eigenvalue weighted by Gasteiger charge is -2.28. The smallest absolute Gasteiger partial charge is 0.239 e. The van der Waals surface area contributed by atoms with Crippen LogP contribution in [-0.2, 0) is 9.53 Å². The fourth-order valence-electron chi connectivity index (χ4n) is 2.07. The van der Waals surface area contributed by atoms with Gasteiger partial charge in [-0.2, -0.15) is 0 Å². The van der Waals surface area contributed by atoms with Crippen LogP contribution in [0.5, 0.6) is 5.75 Å². The van der Waals surface area contributed by atoms with Crippen molar-refractivity contribution in [2.75, 3.05) is 20.3 Å². The summed E-state index contributed by atoms with van der Waals surface area (Å²) >= 11 is 6.07. The molecule has 1 amide bonds.